The lowest BCUT2D eigenvalue weighted by Gasteiger charge is -2.38. The number of aryl methyl sites for hydroxylation is 1. The van der Waals surface area contributed by atoms with Crippen LogP contribution in [0.4, 0.5) is 15.5 Å². The third-order valence-corrected chi connectivity index (χ3v) is 5.24. The van der Waals surface area contributed by atoms with Gasteiger partial charge in [0.05, 0.1) is 54.0 Å². The Hall–Kier alpha value is -2.10. The molecule has 1 aliphatic heterocycles. The first-order valence-corrected chi connectivity index (χ1v) is 9.21. The molecule has 1 fully saturated rings. The van der Waals surface area contributed by atoms with E-state index in [1.165, 1.54) is 17.5 Å². The quantitative estimate of drug-likeness (QED) is 0.689. The summed E-state index contributed by atoms with van der Waals surface area (Å²) in [6, 6.07) is 0. The van der Waals surface area contributed by atoms with Gasteiger partial charge < -0.3 is 10.1 Å². The second-order valence-corrected chi connectivity index (χ2v) is 7.63. The summed E-state index contributed by atoms with van der Waals surface area (Å²) in [5.41, 5.74) is 1.75. The molecule has 136 valence electrons. The number of halogens is 2. The number of hydrogen-bond acceptors (Lipinski definition) is 7. The molecule has 0 radical (unpaired) electrons. The zero-order valence-electron chi connectivity index (χ0n) is 13.9. The molecule has 1 N–H and O–H groups in total. The van der Waals surface area contributed by atoms with Gasteiger partial charge >= 0.3 is 0 Å². The Morgan fingerprint density at radius 1 is 1.38 bits per heavy atom. The lowest BCUT2D eigenvalue weighted by Crippen LogP contribution is -2.47. The van der Waals surface area contributed by atoms with E-state index in [1.807, 2.05) is 12.3 Å². The third-order valence-electron chi connectivity index (χ3n) is 4.09. The Balaban J connectivity index is 1.56. The van der Waals surface area contributed by atoms with Crippen molar-refractivity contribution in [2.45, 2.75) is 13.5 Å². The van der Waals surface area contributed by atoms with Crippen LogP contribution in [-0.4, -0.2) is 44.6 Å². The molecule has 3 aromatic rings. The largest absolute Gasteiger partial charge is 0.380 e. The molecular formula is C16H16ClFN6OS. The highest BCUT2D eigenvalue weighted by Gasteiger charge is 2.39. The molecule has 0 bridgehead atoms. The predicted molar refractivity (Wildman–Crippen MR) is 97.6 cm³/mol. The summed E-state index contributed by atoms with van der Waals surface area (Å²) in [5.74, 6) is 0.402. The van der Waals surface area contributed by atoms with E-state index in [2.05, 4.69) is 25.4 Å². The number of anilines is 2. The van der Waals surface area contributed by atoms with E-state index in [-0.39, 0.29) is 0 Å². The second kappa shape index (κ2) is 6.90. The Bertz CT molecular complexity index is 920. The molecule has 1 aliphatic rings. The number of hydrogen-bond donors (Lipinski definition) is 1. The van der Waals surface area contributed by atoms with Crippen LogP contribution in [0.5, 0.6) is 0 Å². The van der Waals surface area contributed by atoms with Crippen molar-refractivity contribution in [1.82, 2.24) is 24.7 Å². The van der Waals surface area contributed by atoms with E-state index in [0.717, 1.165) is 11.3 Å². The average molecular weight is 395 g/mol. The summed E-state index contributed by atoms with van der Waals surface area (Å²) >= 11 is 7.74. The van der Waals surface area contributed by atoms with Crippen molar-refractivity contribution in [3.05, 3.63) is 34.7 Å². The molecule has 10 heteroatoms. The van der Waals surface area contributed by atoms with Crippen molar-refractivity contribution in [2.24, 2.45) is 5.41 Å². The number of alkyl halides is 1. The standard InChI is InChI=1S/C16H16ClFN6OS/c1-10-5-26-15(21-10)23-14-19-3-12(17)13(22-14)11-2-20-24(4-11)7-16(6-18)8-25-9-16/h2-5H,6-9H2,1H3,(H,19,21,22,23). The maximum Gasteiger partial charge on any atom is 0.229 e. The topological polar surface area (TPSA) is 77.8 Å². The Morgan fingerprint density at radius 2 is 2.23 bits per heavy atom. The fourth-order valence-corrected chi connectivity index (χ4v) is 3.54. The number of nitrogens with one attached hydrogen (secondary N) is 1. The second-order valence-electron chi connectivity index (χ2n) is 6.36. The molecule has 0 aromatic carbocycles. The van der Waals surface area contributed by atoms with Crippen molar-refractivity contribution in [2.75, 3.05) is 25.2 Å². The van der Waals surface area contributed by atoms with Gasteiger partial charge in [-0.1, -0.05) is 11.6 Å². The van der Waals surface area contributed by atoms with Crippen molar-refractivity contribution < 1.29 is 9.13 Å². The van der Waals surface area contributed by atoms with Crippen LogP contribution < -0.4 is 5.32 Å². The van der Waals surface area contributed by atoms with Crippen molar-refractivity contribution >= 4 is 34.0 Å². The van der Waals surface area contributed by atoms with E-state index in [1.54, 1.807) is 17.1 Å². The van der Waals surface area contributed by atoms with Gasteiger partial charge in [-0.25, -0.2) is 15.0 Å². The maximum absolute atomic E-state index is 13.3. The van der Waals surface area contributed by atoms with Crippen LogP contribution in [0.1, 0.15) is 5.69 Å². The first kappa shape index (κ1) is 17.3. The highest BCUT2D eigenvalue weighted by molar-refractivity contribution is 7.13. The normalized spacial score (nSPS) is 15.7. The number of rotatable bonds is 6. The van der Waals surface area contributed by atoms with Crippen molar-refractivity contribution in [3.8, 4) is 11.3 Å². The van der Waals surface area contributed by atoms with E-state index in [4.69, 9.17) is 16.3 Å². The molecular weight excluding hydrogens is 379 g/mol. The molecule has 0 spiro atoms. The van der Waals surface area contributed by atoms with Crippen LogP contribution in [0, 0.1) is 12.3 Å². The molecule has 4 heterocycles. The van der Waals surface area contributed by atoms with Crippen LogP contribution in [0.2, 0.25) is 5.02 Å². The van der Waals surface area contributed by atoms with Gasteiger partial charge in [-0.05, 0) is 6.92 Å². The van der Waals surface area contributed by atoms with Crippen molar-refractivity contribution in [3.63, 3.8) is 0 Å². The van der Waals surface area contributed by atoms with E-state index < -0.39 is 12.1 Å². The predicted octanol–water partition coefficient (Wildman–Crippen LogP) is 3.49. The average Bonchev–Trinajstić information content (AvgIpc) is 3.22. The molecule has 1 saturated heterocycles. The first-order chi connectivity index (χ1) is 12.6. The molecule has 26 heavy (non-hydrogen) atoms. The fraction of sp³-hybridized carbons (Fsp3) is 0.375. The molecule has 0 saturated carbocycles. The zero-order chi connectivity index (χ0) is 18.1. The first-order valence-electron chi connectivity index (χ1n) is 7.95. The molecule has 4 rings (SSSR count). The summed E-state index contributed by atoms with van der Waals surface area (Å²) < 4.78 is 20.1. The van der Waals surface area contributed by atoms with E-state index >= 15 is 0 Å². The van der Waals surface area contributed by atoms with Gasteiger partial charge in [-0.2, -0.15) is 5.10 Å². The summed E-state index contributed by atoms with van der Waals surface area (Å²) in [7, 11) is 0. The van der Waals surface area contributed by atoms with Crippen LogP contribution in [-0.2, 0) is 11.3 Å². The van der Waals surface area contributed by atoms with E-state index in [0.29, 0.717) is 41.6 Å². The SMILES string of the molecule is Cc1csc(Nc2ncc(Cl)c(-c3cnn(CC4(CF)COC4)c3)n2)n1. The molecule has 0 amide bonds. The Kier molecular flexibility index (Phi) is 4.60. The lowest BCUT2D eigenvalue weighted by molar-refractivity contribution is -0.133. The molecule has 0 unspecified atom stereocenters. The van der Waals surface area contributed by atoms with Crippen molar-refractivity contribution in [1.29, 1.82) is 0 Å². The van der Waals surface area contributed by atoms with Gasteiger partial charge in [0.2, 0.25) is 5.95 Å². The third kappa shape index (κ3) is 3.42. The number of aromatic nitrogens is 5. The monoisotopic (exact) mass is 394 g/mol. The Morgan fingerprint density at radius 3 is 2.88 bits per heavy atom. The van der Waals surface area contributed by atoms with Crippen LogP contribution in [0.15, 0.2) is 24.0 Å². The van der Waals surface area contributed by atoms with Gasteiger partial charge in [-0.3, -0.25) is 9.07 Å². The highest BCUT2D eigenvalue weighted by atomic mass is 35.5. The summed E-state index contributed by atoms with van der Waals surface area (Å²) in [6.07, 6.45) is 5.01. The Labute approximate surface area is 158 Å². The van der Waals surface area contributed by atoms with Crippen LogP contribution in [0.3, 0.4) is 0 Å². The minimum absolute atomic E-state index is 0.402. The summed E-state index contributed by atoms with van der Waals surface area (Å²) in [5, 5.41) is 10.4. The van der Waals surface area contributed by atoms with Gasteiger partial charge in [-0.15, -0.1) is 11.3 Å². The van der Waals surface area contributed by atoms with Gasteiger partial charge in [0.1, 0.15) is 6.67 Å². The van der Waals surface area contributed by atoms with Gasteiger partial charge in [0, 0.05) is 17.1 Å². The number of nitrogens with zero attached hydrogens (tertiary/aromatic N) is 5. The summed E-state index contributed by atoms with van der Waals surface area (Å²) in [6.45, 7) is 2.76. The number of ether oxygens (including phenoxy) is 1. The fourth-order valence-electron chi connectivity index (χ4n) is 2.65. The minimum atomic E-state index is -0.478. The summed E-state index contributed by atoms with van der Waals surface area (Å²) in [4.78, 5) is 13.0. The highest BCUT2D eigenvalue weighted by Crippen LogP contribution is 2.31. The smallest absolute Gasteiger partial charge is 0.229 e. The molecule has 7 nitrogen and oxygen atoms in total. The molecule has 3 aromatic heterocycles. The number of thiazole rings is 1. The van der Waals surface area contributed by atoms with Gasteiger partial charge in [0.25, 0.3) is 0 Å². The zero-order valence-corrected chi connectivity index (χ0v) is 15.5. The van der Waals surface area contributed by atoms with Crippen LogP contribution >= 0.6 is 22.9 Å². The molecule has 0 aliphatic carbocycles. The maximum atomic E-state index is 13.3. The van der Waals surface area contributed by atoms with Crippen LogP contribution in [0.25, 0.3) is 11.3 Å². The molecule has 0 atom stereocenters. The minimum Gasteiger partial charge on any atom is -0.380 e. The lowest BCUT2D eigenvalue weighted by atomic mass is 9.88. The van der Waals surface area contributed by atoms with E-state index in [9.17, 15) is 4.39 Å². The van der Waals surface area contributed by atoms with Gasteiger partial charge in [0.15, 0.2) is 5.13 Å².